The first-order chi connectivity index (χ1) is 9.40. The molecule has 0 fully saturated rings. The lowest BCUT2D eigenvalue weighted by Crippen LogP contribution is -2.22. The summed E-state index contributed by atoms with van der Waals surface area (Å²) in [6.07, 6.45) is 2.36. The Morgan fingerprint density at radius 3 is 2.68 bits per heavy atom. The number of para-hydroxylation sites is 1. The Labute approximate surface area is 115 Å². The third-order valence-corrected chi connectivity index (χ3v) is 3.10. The number of rotatable bonds is 8. The van der Waals surface area contributed by atoms with Crippen molar-refractivity contribution >= 4 is 10.9 Å². The molecular formula is C16H23N3. The van der Waals surface area contributed by atoms with Crippen LogP contribution in [0.15, 0.2) is 36.4 Å². The zero-order valence-electron chi connectivity index (χ0n) is 11.7. The van der Waals surface area contributed by atoms with Crippen LogP contribution in [0.2, 0.25) is 0 Å². The van der Waals surface area contributed by atoms with Crippen molar-refractivity contribution in [3.63, 3.8) is 0 Å². The third-order valence-electron chi connectivity index (χ3n) is 3.10. The van der Waals surface area contributed by atoms with Crippen molar-refractivity contribution in [3.8, 4) is 0 Å². The minimum absolute atomic E-state index is 0.846. The van der Waals surface area contributed by atoms with Gasteiger partial charge in [-0.05, 0) is 44.6 Å². The standard InChI is InChI=1S/C16H23N3/c1-2-10-17-11-5-12-18-13-15-9-8-14-6-3-4-7-16(14)19-15/h3-4,6-9,17-18H,2,5,10-13H2,1H3. The quantitative estimate of drug-likeness (QED) is 0.714. The van der Waals surface area contributed by atoms with Crippen molar-refractivity contribution < 1.29 is 0 Å². The molecule has 0 saturated heterocycles. The molecule has 0 aliphatic carbocycles. The van der Waals surface area contributed by atoms with E-state index in [4.69, 9.17) is 0 Å². The molecule has 2 rings (SSSR count). The van der Waals surface area contributed by atoms with Gasteiger partial charge in [-0.25, -0.2) is 0 Å². The third kappa shape index (κ3) is 4.62. The lowest BCUT2D eigenvalue weighted by molar-refractivity contribution is 0.589. The van der Waals surface area contributed by atoms with Gasteiger partial charge in [0.1, 0.15) is 0 Å². The van der Waals surface area contributed by atoms with Gasteiger partial charge in [0.2, 0.25) is 0 Å². The molecule has 3 nitrogen and oxygen atoms in total. The van der Waals surface area contributed by atoms with Gasteiger partial charge in [0.15, 0.2) is 0 Å². The van der Waals surface area contributed by atoms with Crippen LogP contribution in [-0.4, -0.2) is 24.6 Å². The Balaban J connectivity index is 1.72. The Hall–Kier alpha value is -1.45. The molecule has 2 aromatic rings. The van der Waals surface area contributed by atoms with Crippen LogP contribution in [0, 0.1) is 0 Å². The molecular weight excluding hydrogens is 234 g/mol. The van der Waals surface area contributed by atoms with E-state index in [0.717, 1.165) is 43.8 Å². The van der Waals surface area contributed by atoms with E-state index in [-0.39, 0.29) is 0 Å². The van der Waals surface area contributed by atoms with Gasteiger partial charge in [-0.2, -0.15) is 0 Å². The van der Waals surface area contributed by atoms with Crippen LogP contribution >= 0.6 is 0 Å². The number of hydrogen-bond donors (Lipinski definition) is 2. The van der Waals surface area contributed by atoms with Crippen LogP contribution in [0.4, 0.5) is 0 Å². The van der Waals surface area contributed by atoms with Crippen LogP contribution < -0.4 is 10.6 Å². The normalized spacial score (nSPS) is 11.0. The summed E-state index contributed by atoms with van der Waals surface area (Å²) in [5.41, 5.74) is 2.19. The molecule has 0 bridgehead atoms. The first-order valence-electron chi connectivity index (χ1n) is 7.16. The monoisotopic (exact) mass is 257 g/mol. The number of nitrogens with one attached hydrogen (secondary N) is 2. The SMILES string of the molecule is CCCNCCCNCc1ccc2ccccc2n1. The highest BCUT2D eigenvalue weighted by Crippen LogP contribution is 2.11. The second kappa shape index (κ2) is 7.87. The average molecular weight is 257 g/mol. The van der Waals surface area contributed by atoms with Gasteiger partial charge in [0, 0.05) is 11.9 Å². The maximum atomic E-state index is 4.64. The lowest BCUT2D eigenvalue weighted by atomic mass is 10.2. The van der Waals surface area contributed by atoms with E-state index in [0.29, 0.717) is 0 Å². The number of nitrogens with zero attached hydrogens (tertiary/aromatic N) is 1. The number of benzene rings is 1. The van der Waals surface area contributed by atoms with E-state index in [1.165, 1.54) is 11.8 Å². The van der Waals surface area contributed by atoms with Gasteiger partial charge in [0.05, 0.1) is 11.2 Å². The average Bonchev–Trinajstić information content (AvgIpc) is 2.46. The summed E-state index contributed by atoms with van der Waals surface area (Å²) in [4.78, 5) is 4.64. The molecule has 1 aromatic heterocycles. The fourth-order valence-electron chi connectivity index (χ4n) is 2.06. The van der Waals surface area contributed by atoms with Gasteiger partial charge in [-0.15, -0.1) is 0 Å². The molecule has 0 aliphatic rings. The van der Waals surface area contributed by atoms with E-state index in [9.17, 15) is 0 Å². The van der Waals surface area contributed by atoms with E-state index < -0.39 is 0 Å². The predicted molar refractivity (Wildman–Crippen MR) is 81.2 cm³/mol. The number of pyridine rings is 1. The molecule has 0 spiro atoms. The molecule has 1 aromatic carbocycles. The molecule has 0 amide bonds. The molecule has 102 valence electrons. The smallest absolute Gasteiger partial charge is 0.0705 e. The fourth-order valence-corrected chi connectivity index (χ4v) is 2.06. The number of fused-ring (bicyclic) bond motifs is 1. The van der Waals surface area contributed by atoms with Crippen LogP contribution in [0.5, 0.6) is 0 Å². The largest absolute Gasteiger partial charge is 0.317 e. The Morgan fingerprint density at radius 1 is 0.947 bits per heavy atom. The molecule has 0 saturated carbocycles. The summed E-state index contributed by atoms with van der Waals surface area (Å²) in [5.74, 6) is 0. The highest BCUT2D eigenvalue weighted by atomic mass is 14.9. The summed E-state index contributed by atoms with van der Waals surface area (Å²) in [5, 5.41) is 8.05. The Morgan fingerprint density at radius 2 is 1.79 bits per heavy atom. The highest BCUT2D eigenvalue weighted by molar-refractivity contribution is 5.78. The van der Waals surface area contributed by atoms with Crippen molar-refractivity contribution in [2.24, 2.45) is 0 Å². The molecule has 0 unspecified atom stereocenters. The fraction of sp³-hybridized carbons (Fsp3) is 0.438. The second-order valence-corrected chi connectivity index (χ2v) is 4.78. The highest BCUT2D eigenvalue weighted by Gasteiger charge is 1.97. The van der Waals surface area contributed by atoms with Crippen molar-refractivity contribution in [2.45, 2.75) is 26.3 Å². The van der Waals surface area contributed by atoms with Gasteiger partial charge >= 0.3 is 0 Å². The molecule has 1 heterocycles. The van der Waals surface area contributed by atoms with Crippen molar-refractivity contribution in [1.29, 1.82) is 0 Å². The molecule has 2 N–H and O–H groups in total. The topological polar surface area (TPSA) is 37.0 Å². The first kappa shape index (κ1) is 14.0. The van der Waals surface area contributed by atoms with Gasteiger partial charge in [0.25, 0.3) is 0 Å². The van der Waals surface area contributed by atoms with Gasteiger partial charge < -0.3 is 10.6 Å². The number of hydrogen-bond acceptors (Lipinski definition) is 3. The number of aromatic nitrogens is 1. The minimum Gasteiger partial charge on any atom is -0.317 e. The Kier molecular flexibility index (Phi) is 5.79. The summed E-state index contributed by atoms with van der Waals surface area (Å²) in [6, 6.07) is 12.5. The van der Waals surface area contributed by atoms with Crippen molar-refractivity contribution in [2.75, 3.05) is 19.6 Å². The Bertz CT molecular complexity index is 496. The predicted octanol–water partition coefficient (Wildman–Crippen LogP) is 2.71. The van der Waals surface area contributed by atoms with Gasteiger partial charge in [-0.1, -0.05) is 31.2 Å². The maximum Gasteiger partial charge on any atom is 0.0705 e. The second-order valence-electron chi connectivity index (χ2n) is 4.78. The zero-order valence-corrected chi connectivity index (χ0v) is 11.7. The zero-order chi connectivity index (χ0) is 13.3. The summed E-state index contributed by atoms with van der Waals surface area (Å²) in [6.45, 7) is 6.28. The molecule has 19 heavy (non-hydrogen) atoms. The summed E-state index contributed by atoms with van der Waals surface area (Å²) >= 11 is 0. The van der Waals surface area contributed by atoms with E-state index in [1.54, 1.807) is 0 Å². The van der Waals surface area contributed by atoms with Crippen LogP contribution in [0.25, 0.3) is 10.9 Å². The molecule has 0 atom stereocenters. The maximum absolute atomic E-state index is 4.64. The molecule has 0 radical (unpaired) electrons. The summed E-state index contributed by atoms with van der Waals surface area (Å²) in [7, 11) is 0. The van der Waals surface area contributed by atoms with Gasteiger partial charge in [-0.3, -0.25) is 4.98 Å². The minimum atomic E-state index is 0.846. The van der Waals surface area contributed by atoms with Crippen LogP contribution in [0.3, 0.4) is 0 Å². The van der Waals surface area contributed by atoms with Crippen LogP contribution in [-0.2, 0) is 6.54 Å². The van der Waals surface area contributed by atoms with E-state index >= 15 is 0 Å². The van der Waals surface area contributed by atoms with E-state index in [1.807, 2.05) is 12.1 Å². The molecule has 0 aliphatic heterocycles. The van der Waals surface area contributed by atoms with E-state index in [2.05, 4.69) is 46.8 Å². The van der Waals surface area contributed by atoms with Crippen LogP contribution in [0.1, 0.15) is 25.5 Å². The lowest BCUT2D eigenvalue weighted by Gasteiger charge is -2.06. The summed E-state index contributed by atoms with van der Waals surface area (Å²) < 4.78 is 0. The molecule has 3 heteroatoms. The van der Waals surface area contributed by atoms with Crippen molar-refractivity contribution in [3.05, 3.63) is 42.1 Å². The first-order valence-corrected chi connectivity index (χ1v) is 7.16. The van der Waals surface area contributed by atoms with Crippen molar-refractivity contribution in [1.82, 2.24) is 15.6 Å².